The van der Waals surface area contributed by atoms with Gasteiger partial charge in [0.05, 0.1) is 5.02 Å². The highest BCUT2D eigenvalue weighted by Gasteiger charge is 2.40. The molecule has 3 rings (SSSR count). The van der Waals surface area contributed by atoms with E-state index in [0.717, 1.165) is 36.7 Å². The summed E-state index contributed by atoms with van der Waals surface area (Å²) in [6.07, 6.45) is 3.31. The van der Waals surface area contributed by atoms with E-state index >= 15 is 0 Å². The van der Waals surface area contributed by atoms with Crippen molar-refractivity contribution in [3.63, 3.8) is 0 Å². The zero-order chi connectivity index (χ0) is 10.3. The molecule has 2 nitrogen and oxygen atoms in total. The van der Waals surface area contributed by atoms with Crippen LogP contribution >= 0.6 is 24.0 Å². The van der Waals surface area contributed by atoms with Gasteiger partial charge in [-0.1, -0.05) is 23.7 Å². The normalized spacial score (nSPS) is 27.1. The molecule has 1 aromatic rings. The molecule has 2 heterocycles. The van der Waals surface area contributed by atoms with Gasteiger partial charge in [-0.25, -0.2) is 0 Å². The molecule has 1 saturated heterocycles. The molecule has 0 saturated carbocycles. The molecule has 1 spiro atoms. The molecule has 1 aromatic carbocycles. The van der Waals surface area contributed by atoms with Crippen molar-refractivity contribution in [2.75, 3.05) is 13.1 Å². The highest BCUT2D eigenvalue weighted by molar-refractivity contribution is 6.32. The van der Waals surface area contributed by atoms with Gasteiger partial charge in [0.15, 0.2) is 0 Å². The highest BCUT2D eigenvalue weighted by Crippen LogP contribution is 2.42. The van der Waals surface area contributed by atoms with Crippen molar-refractivity contribution >= 4 is 24.0 Å². The Hall–Kier alpha value is -0.440. The zero-order valence-corrected chi connectivity index (χ0v) is 10.5. The second-order valence-electron chi connectivity index (χ2n) is 4.47. The topological polar surface area (TPSA) is 21.3 Å². The Kier molecular flexibility index (Phi) is 3.34. The quantitative estimate of drug-likeness (QED) is 0.774. The summed E-state index contributed by atoms with van der Waals surface area (Å²) in [6.45, 7) is 2.05. The number of ether oxygens (including phenoxy) is 1. The molecule has 0 radical (unpaired) electrons. The van der Waals surface area contributed by atoms with E-state index in [1.165, 1.54) is 12.0 Å². The van der Waals surface area contributed by atoms with Crippen molar-refractivity contribution in [3.05, 3.63) is 28.8 Å². The Morgan fingerprint density at radius 1 is 1.38 bits per heavy atom. The fraction of sp³-hybridized carbons (Fsp3) is 0.500. The summed E-state index contributed by atoms with van der Waals surface area (Å²) < 4.78 is 6.07. The number of para-hydroxylation sites is 1. The summed E-state index contributed by atoms with van der Waals surface area (Å²) in [5.41, 5.74) is 1.23. The van der Waals surface area contributed by atoms with Gasteiger partial charge in [-0.3, -0.25) is 0 Å². The molecule has 1 N–H and O–H groups in total. The van der Waals surface area contributed by atoms with Crippen LogP contribution in [0, 0.1) is 0 Å². The summed E-state index contributed by atoms with van der Waals surface area (Å²) in [6, 6.07) is 6.01. The number of nitrogens with one attached hydrogen (secondary N) is 1. The van der Waals surface area contributed by atoms with Gasteiger partial charge in [0, 0.05) is 13.0 Å². The molecular formula is C12H15Cl2NO. The Morgan fingerprint density at radius 2 is 2.25 bits per heavy atom. The van der Waals surface area contributed by atoms with E-state index in [-0.39, 0.29) is 18.0 Å². The number of benzene rings is 1. The van der Waals surface area contributed by atoms with Crippen LogP contribution in [0.5, 0.6) is 5.75 Å². The number of fused-ring (bicyclic) bond motifs is 1. The molecule has 0 amide bonds. The average molecular weight is 260 g/mol. The van der Waals surface area contributed by atoms with E-state index < -0.39 is 0 Å². The largest absolute Gasteiger partial charge is 0.484 e. The lowest BCUT2D eigenvalue weighted by Gasteiger charge is -2.33. The van der Waals surface area contributed by atoms with E-state index in [9.17, 15) is 0 Å². The first-order chi connectivity index (χ1) is 7.29. The second kappa shape index (κ2) is 4.44. The number of hydrogen-bond donors (Lipinski definition) is 1. The maximum absolute atomic E-state index is 6.13. The third-order valence-corrected chi connectivity index (χ3v) is 3.61. The van der Waals surface area contributed by atoms with Crippen LogP contribution in [0.3, 0.4) is 0 Å². The van der Waals surface area contributed by atoms with Gasteiger partial charge in [0.2, 0.25) is 0 Å². The summed E-state index contributed by atoms with van der Waals surface area (Å²) in [5, 5.41) is 4.15. The maximum atomic E-state index is 6.13. The lowest BCUT2D eigenvalue weighted by Crippen LogP contribution is -2.49. The van der Waals surface area contributed by atoms with Crippen LogP contribution in [-0.2, 0) is 6.42 Å². The molecular weight excluding hydrogens is 245 g/mol. The Bertz CT molecular complexity index is 389. The number of hydrogen-bond acceptors (Lipinski definition) is 2. The molecule has 1 unspecified atom stereocenters. The Morgan fingerprint density at radius 3 is 2.94 bits per heavy atom. The van der Waals surface area contributed by atoms with E-state index in [1.807, 2.05) is 12.1 Å². The molecule has 2 aliphatic heterocycles. The van der Waals surface area contributed by atoms with Crippen molar-refractivity contribution in [3.8, 4) is 5.75 Å². The Balaban J connectivity index is 0.000000963. The molecule has 0 bridgehead atoms. The van der Waals surface area contributed by atoms with Crippen molar-refractivity contribution in [2.24, 2.45) is 0 Å². The maximum Gasteiger partial charge on any atom is 0.142 e. The summed E-state index contributed by atoms with van der Waals surface area (Å²) >= 11 is 6.13. The lowest BCUT2D eigenvalue weighted by molar-refractivity contribution is 0.0661. The Labute approximate surface area is 107 Å². The minimum atomic E-state index is -0.0222. The van der Waals surface area contributed by atoms with Crippen molar-refractivity contribution < 1.29 is 4.74 Å². The van der Waals surface area contributed by atoms with Crippen molar-refractivity contribution in [2.45, 2.75) is 24.9 Å². The van der Waals surface area contributed by atoms with Gasteiger partial charge in [-0.2, -0.15) is 0 Å². The third kappa shape index (κ3) is 1.90. The molecule has 2 aliphatic rings. The van der Waals surface area contributed by atoms with E-state index in [2.05, 4.69) is 11.4 Å². The van der Waals surface area contributed by atoms with Crippen LogP contribution in [0.25, 0.3) is 0 Å². The van der Waals surface area contributed by atoms with Gasteiger partial charge >= 0.3 is 0 Å². The van der Waals surface area contributed by atoms with Crippen LogP contribution in [0.2, 0.25) is 5.02 Å². The first-order valence-corrected chi connectivity index (χ1v) is 5.84. The summed E-state index contributed by atoms with van der Waals surface area (Å²) in [7, 11) is 0. The first kappa shape index (κ1) is 12.0. The molecule has 1 atom stereocenters. The molecule has 4 heteroatoms. The van der Waals surface area contributed by atoms with Crippen LogP contribution in [0.1, 0.15) is 18.4 Å². The van der Waals surface area contributed by atoms with Gasteiger partial charge in [-0.05, 0) is 31.0 Å². The van der Waals surface area contributed by atoms with Crippen LogP contribution in [0.4, 0.5) is 0 Å². The predicted molar refractivity (Wildman–Crippen MR) is 67.9 cm³/mol. The fourth-order valence-electron chi connectivity index (χ4n) is 2.58. The predicted octanol–water partition coefficient (Wildman–Crippen LogP) is 2.82. The number of halogens is 2. The van der Waals surface area contributed by atoms with Crippen molar-refractivity contribution in [1.82, 2.24) is 5.32 Å². The lowest BCUT2D eigenvalue weighted by atomic mass is 9.89. The van der Waals surface area contributed by atoms with Crippen LogP contribution in [0.15, 0.2) is 18.2 Å². The molecule has 0 aromatic heterocycles. The number of rotatable bonds is 0. The second-order valence-corrected chi connectivity index (χ2v) is 4.88. The minimum absolute atomic E-state index is 0. The van der Waals surface area contributed by atoms with Gasteiger partial charge in [0.1, 0.15) is 11.4 Å². The monoisotopic (exact) mass is 259 g/mol. The number of piperidine rings is 1. The summed E-state index contributed by atoms with van der Waals surface area (Å²) in [5.74, 6) is 0.905. The summed E-state index contributed by atoms with van der Waals surface area (Å²) in [4.78, 5) is 0. The third-order valence-electron chi connectivity index (χ3n) is 3.31. The van der Waals surface area contributed by atoms with Crippen molar-refractivity contribution in [1.29, 1.82) is 0 Å². The standard InChI is InChI=1S/C12H14ClNO.ClH/c13-10-4-1-3-9-7-12(15-11(9)10)5-2-6-14-8-12;/h1,3-4,14H,2,5-8H2;1H. The van der Waals surface area contributed by atoms with Gasteiger partial charge in [-0.15, -0.1) is 12.4 Å². The van der Waals surface area contributed by atoms with Crippen LogP contribution in [-0.4, -0.2) is 18.7 Å². The van der Waals surface area contributed by atoms with E-state index in [0.29, 0.717) is 0 Å². The first-order valence-electron chi connectivity index (χ1n) is 5.46. The minimum Gasteiger partial charge on any atom is -0.484 e. The van der Waals surface area contributed by atoms with Gasteiger partial charge in [0.25, 0.3) is 0 Å². The van der Waals surface area contributed by atoms with E-state index in [1.54, 1.807) is 0 Å². The molecule has 0 aliphatic carbocycles. The smallest absolute Gasteiger partial charge is 0.142 e. The fourth-order valence-corrected chi connectivity index (χ4v) is 2.82. The van der Waals surface area contributed by atoms with E-state index in [4.69, 9.17) is 16.3 Å². The van der Waals surface area contributed by atoms with Gasteiger partial charge < -0.3 is 10.1 Å². The zero-order valence-electron chi connectivity index (χ0n) is 8.96. The molecule has 88 valence electrons. The highest BCUT2D eigenvalue weighted by atomic mass is 35.5. The molecule has 16 heavy (non-hydrogen) atoms. The SMILES string of the molecule is Cl.Clc1cccc2c1OC1(CCCNC1)C2. The average Bonchev–Trinajstić information content (AvgIpc) is 2.59. The van der Waals surface area contributed by atoms with Crippen LogP contribution < -0.4 is 10.1 Å². The molecule has 1 fully saturated rings.